The van der Waals surface area contributed by atoms with Gasteiger partial charge in [-0.1, -0.05) is 23.7 Å². The first-order valence-corrected chi connectivity index (χ1v) is 9.98. The molecule has 6 nitrogen and oxygen atoms in total. The zero-order valence-electron chi connectivity index (χ0n) is 15.4. The second-order valence-electron chi connectivity index (χ2n) is 7.31. The minimum atomic E-state index is 0.0495. The van der Waals surface area contributed by atoms with E-state index in [1.54, 1.807) is 6.20 Å². The third-order valence-electron chi connectivity index (χ3n) is 5.32. The van der Waals surface area contributed by atoms with Crippen molar-refractivity contribution in [1.29, 1.82) is 0 Å². The number of hydrogen-bond donors (Lipinski definition) is 2. The number of carbonyl (C=O) groups excluding carboxylic acids is 1. The van der Waals surface area contributed by atoms with Crippen LogP contribution in [-0.4, -0.2) is 53.1 Å². The zero-order valence-corrected chi connectivity index (χ0v) is 16.1. The van der Waals surface area contributed by atoms with Crippen LogP contribution in [0.25, 0.3) is 22.2 Å². The van der Waals surface area contributed by atoms with Crippen molar-refractivity contribution in [1.82, 2.24) is 14.9 Å². The number of nitrogens with one attached hydrogen (secondary N) is 2. The maximum atomic E-state index is 12.7. The Labute approximate surface area is 167 Å². The molecule has 5 rings (SSSR count). The number of morpholine rings is 1. The summed E-state index contributed by atoms with van der Waals surface area (Å²) in [4.78, 5) is 22.2. The number of aromatic amines is 1. The Morgan fingerprint density at radius 3 is 2.68 bits per heavy atom. The fourth-order valence-corrected chi connectivity index (χ4v) is 3.84. The van der Waals surface area contributed by atoms with Crippen LogP contribution in [0.15, 0.2) is 36.7 Å². The molecule has 3 heterocycles. The van der Waals surface area contributed by atoms with Crippen molar-refractivity contribution in [2.45, 2.75) is 18.9 Å². The number of benzene rings is 1. The summed E-state index contributed by atoms with van der Waals surface area (Å²) in [7, 11) is 0. The van der Waals surface area contributed by atoms with E-state index in [4.69, 9.17) is 16.3 Å². The Morgan fingerprint density at radius 2 is 1.96 bits per heavy atom. The lowest BCUT2D eigenvalue weighted by Gasteiger charge is -2.26. The highest BCUT2D eigenvalue weighted by Crippen LogP contribution is 2.39. The van der Waals surface area contributed by atoms with E-state index in [9.17, 15) is 4.79 Å². The molecule has 28 heavy (non-hydrogen) atoms. The van der Waals surface area contributed by atoms with E-state index in [1.165, 1.54) is 0 Å². The van der Waals surface area contributed by atoms with Gasteiger partial charge in [-0.25, -0.2) is 4.98 Å². The molecule has 2 aromatic heterocycles. The van der Waals surface area contributed by atoms with Crippen molar-refractivity contribution in [3.05, 3.63) is 47.2 Å². The Balaban J connectivity index is 1.49. The molecule has 0 atom stereocenters. The van der Waals surface area contributed by atoms with Crippen molar-refractivity contribution in [3.63, 3.8) is 0 Å². The molecule has 1 saturated carbocycles. The highest BCUT2D eigenvalue weighted by Gasteiger charge is 2.25. The predicted molar refractivity (Wildman–Crippen MR) is 110 cm³/mol. The van der Waals surface area contributed by atoms with E-state index in [1.807, 2.05) is 35.4 Å². The van der Waals surface area contributed by atoms with Crippen molar-refractivity contribution in [2.75, 3.05) is 31.6 Å². The Bertz CT molecular complexity index is 1020. The summed E-state index contributed by atoms with van der Waals surface area (Å²) < 4.78 is 5.33. The lowest BCUT2D eigenvalue weighted by atomic mass is 10.0. The van der Waals surface area contributed by atoms with Gasteiger partial charge in [0, 0.05) is 42.7 Å². The first-order chi connectivity index (χ1) is 13.7. The number of ether oxygens (including phenoxy) is 1. The number of nitrogens with zero attached hydrogens (tertiary/aromatic N) is 2. The van der Waals surface area contributed by atoms with Crippen LogP contribution in [-0.2, 0) is 4.74 Å². The van der Waals surface area contributed by atoms with E-state index >= 15 is 0 Å². The smallest absolute Gasteiger partial charge is 0.254 e. The van der Waals surface area contributed by atoms with E-state index in [-0.39, 0.29) is 5.91 Å². The topological polar surface area (TPSA) is 70.2 Å². The molecular weight excluding hydrogens is 376 g/mol. The number of anilines is 1. The van der Waals surface area contributed by atoms with E-state index in [0.29, 0.717) is 42.9 Å². The van der Waals surface area contributed by atoms with Gasteiger partial charge in [-0.3, -0.25) is 4.79 Å². The van der Waals surface area contributed by atoms with Gasteiger partial charge in [0.15, 0.2) is 0 Å². The molecule has 1 aliphatic heterocycles. The number of pyridine rings is 1. The fraction of sp³-hybridized carbons (Fsp3) is 0.333. The van der Waals surface area contributed by atoms with Crippen LogP contribution < -0.4 is 5.32 Å². The van der Waals surface area contributed by atoms with Gasteiger partial charge in [0.25, 0.3) is 5.91 Å². The van der Waals surface area contributed by atoms with Gasteiger partial charge in [-0.15, -0.1) is 0 Å². The number of H-pyrrole nitrogens is 1. The summed E-state index contributed by atoms with van der Waals surface area (Å²) in [5.74, 6) is 0.0495. The van der Waals surface area contributed by atoms with Crippen LogP contribution in [0.4, 0.5) is 5.69 Å². The zero-order chi connectivity index (χ0) is 19.1. The lowest BCUT2D eigenvalue weighted by Crippen LogP contribution is -2.40. The summed E-state index contributed by atoms with van der Waals surface area (Å²) in [6, 6.07) is 8.22. The lowest BCUT2D eigenvalue weighted by molar-refractivity contribution is 0.0303. The SMILES string of the molecule is O=C(c1ccc(-c2cnc3[nH]cc(Cl)c3c2NC2CC2)cc1)N1CCOCC1. The summed E-state index contributed by atoms with van der Waals surface area (Å²) in [5.41, 5.74) is 4.47. The second-order valence-corrected chi connectivity index (χ2v) is 7.71. The Kier molecular flexibility index (Phi) is 4.45. The Morgan fingerprint density at radius 1 is 1.21 bits per heavy atom. The molecule has 0 spiro atoms. The number of halogens is 1. The maximum absolute atomic E-state index is 12.7. The third-order valence-corrected chi connectivity index (χ3v) is 5.62. The summed E-state index contributed by atoms with van der Waals surface area (Å²) in [5, 5.41) is 5.18. The van der Waals surface area contributed by atoms with Crippen LogP contribution in [0.5, 0.6) is 0 Å². The molecule has 2 aliphatic rings. The van der Waals surface area contributed by atoms with Crippen LogP contribution in [0.2, 0.25) is 5.02 Å². The van der Waals surface area contributed by atoms with E-state index in [2.05, 4.69) is 15.3 Å². The van der Waals surface area contributed by atoms with Gasteiger partial charge in [-0.05, 0) is 30.5 Å². The predicted octanol–water partition coefficient (Wildman–Crippen LogP) is 3.93. The van der Waals surface area contributed by atoms with Crippen LogP contribution in [0.3, 0.4) is 0 Å². The molecule has 1 aliphatic carbocycles. The molecule has 7 heteroatoms. The maximum Gasteiger partial charge on any atom is 0.254 e. The summed E-state index contributed by atoms with van der Waals surface area (Å²) in [6.07, 6.45) is 5.96. The van der Waals surface area contributed by atoms with Gasteiger partial charge in [0.1, 0.15) is 5.65 Å². The fourth-order valence-electron chi connectivity index (χ4n) is 3.60. The standard InChI is InChI=1S/C21H21ClN4O2/c22-17-12-24-20-18(17)19(25-15-5-6-15)16(11-23-20)13-1-3-14(4-2-13)21(27)26-7-9-28-10-8-26/h1-4,11-12,15H,5-10H2,(H2,23,24,25). The highest BCUT2D eigenvalue weighted by atomic mass is 35.5. The van der Waals surface area contributed by atoms with Crippen molar-refractivity contribution in [2.24, 2.45) is 0 Å². The number of fused-ring (bicyclic) bond motifs is 1. The van der Waals surface area contributed by atoms with Crippen molar-refractivity contribution >= 4 is 34.2 Å². The number of carbonyl (C=O) groups is 1. The van der Waals surface area contributed by atoms with E-state index in [0.717, 1.165) is 40.7 Å². The molecule has 144 valence electrons. The molecule has 1 amide bonds. The average Bonchev–Trinajstić information content (AvgIpc) is 3.48. The first-order valence-electron chi connectivity index (χ1n) is 9.60. The normalized spacial score (nSPS) is 17.1. The van der Waals surface area contributed by atoms with Gasteiger partial charge in [0.05, 0.1) is 29.3 Å². The molecule has 1 saturated heterocycles. The number of aromatic nitrogens is 2. The molecule has 0 radical (unpaired) electrons. The van der Waals surface area contributed by atoms with Crippen LogP contribution >= 0.6 is 11.6 Å². The second kappa shape index (κ2) is 7.11. The minimum Gasteiger partial charge on any atom is -0.381 e. The number of hydrogen-bond acceptors (Lipinski definition) is 4. The molecule has 0 bridgehead atoms. The van der Waals surface area contributed by atoms with Crippen LogP contribution in [0.1, 0.15) is 23.2 Å². The van der Waals surface area contributed by atoms with Crippen molar-refractivity contribution in [3.8, 4) is 11.1 Å². The van der Waals surface area contributed by atoms with E-state index < -0.39 is 0 Å². The van der Waals surface area contributed by atoms with Gasteiger partial charge in [0.2, 0.25) is 0 Å². The number of rotatable bonds is 4. The summed E-state index contributed by atoms with van der Waals surface area (Å²) in [6.45, 7) is 2.48. The number of amides is 1. The largest absolute Gasteiger partial charge is 0.381 e. The van der Waals surface area contributed by atoms with Gasteiger partial charge < -0.3 is 19.9 Å². The van der Waals surface area contributed by atoms with Gasteiger partial charge in [-0.2, -0.15) is 0 Å². The molecule has 2 fully saturated rings. The molecule has 2 N–H and O–H groups in total. The first kappa shape index (κ1) is 17.5. The van der Waals surface area contributed by atoms with Crippen molar-refractivity contribution < 1.29 is 9.53 Å². The third kappa shape index (κ3) is 3.23. The molecule has 0 unspecified atom stereocenters. The van der Waals surface area contributed by atoms with Gasteiger partial charge >= 0.3 is 0 Å². The molecular formula is C21H21ClN4O2. The minimum absolute atomic E-state index is 0.0495. The average molecular weight is 397 g/mol. The summed E-state index contributed by atoms with van der Waals surface area (Å²) >= 11 is 6.42. The highest BCUT2D eigenvalue weighted by molar-refractivity contribution is 6.36. The molecule has 1 aromatic carbocycles. The monoisotopic (exact) mass is 396 g/mol. The quantitative estimate of drug-likeness (QED) is 0.701. The van der Waals surface area contributed by atoms with Crippen LogP contribution in [0, 0.1) is 0 Å². The molecule has 3 aromatic rings. The Hall–Kier alpha value is -2.57.